The summed E-state index contributed by atoms with van der Waals surface area (Å²) in [5, 5.41) is 10.2. The second-order valence-electron chi connectivity index (χ2n) is 2.10. The first-order valence-electron chi connectivity index (χ1n) is 2.93. The summed E-state index contributed by atoms with van der Waals surface area (Å²) in [6.45, 7) is 0. The lowest BCUT2D eigenvalue weighted by Crippen LogP contribution is -2.19. The maximum absolute atomic E-state index is 10.3. The van der Waals surface area contributed by atoms with Crippen molar-refractivity contribution in [2.24, 2.45) is 5.73 Å². The number of rotatable bonds is 2. The summed E-state index contributed by atoms with van der Waals surface area (Å²) in [6, 6.07) is 0.626. The molecule has 0 radical (unpaired) electrons. The molecule has 1 atom stereocenters. The summed E-state index contributed by atoms with van der Waals surface area (Å²) in [5.74, 6) is -1.04. The second-order valence-corrected chi connectivity index (χ2v) is 3.04. The molecule has 0 aromatic carbocycles. The number of hydrogen-bond acceptors (Lipinski definition) is 4. The number of nitrogens with two attached hydrogens (primary N) is 2. The number of nitrogen functional groups attached to an aromatic ring is 1. The van der Waals surface area contributed by atoms with Crippen LogP contribution in [0.25, 0.3) is 0 Å². The summed E-state index contributed by atoms with van der Waals surface area (Å²) in [5.41, 5.74) is 11.2. The molecule has 5 heteroatoms. The maximum Gasteiger partial charge on any atom is 0.325 e. The number of aliphatic carboxylic acids is 1. The van der Waals surface area contributed by atoms with Crippen LogP contribution >= 0.6 is 11.3 Å². The zero-order valence-corrected chi connectivity index (χ0v) is 6.47. The average molecular weight is 172 g/mol. The van der Waals surface area contributed by atoms with Gasteiger partial charge in [0.15, 0.2) is 0 Å². The number of hydrogen-bond donors (Lipinski definition) is 3. The third-order valence-corrected chi connectivity index (χ3v) is 2.25. The molecule has 0 aliphatic carbocycles. The van der Waals surface area contributed by atoms with Gasteiger partial charge < -0.3 is 16.6 Å². The van der Waals surface area contributed by atoms with Crippen molar-refractivity contribution in [1.82, 2.24) is 0 Å². The highest BCUT2D eigenvalue weighted by Gasteiger charge is 2.15. The Labute approximate surface area is 67.4 Å². The molecular weight excluding hydrogens is 164 g/mol. The van der Waals surface area contributed by atoms with Gasteiger partial charge in [0.2, 0.25) is 0 Å². The number of carboxylic acids is 1. The molecule has 5 N–H and O–H groups in total. The molecule has 0 aliphatic rings. The van der Waals surface area contributed by atoms with Gasteiger partial charge in [0.25, 0.3) is 0 Å². The Kier molecular flexibility index (Phi) is 2.11. The average Bonchev–Trinajstić information content (AvgIpc) is 2.34. The fourth-order valence-electron chi connectivity index (χ4n) is 0.653. The van der Waals surface area contributed by atoms with E-state index in [-0.39, 0.29) is 0 Å². The Morgan fingerprint density at radius 1 is 1.73 bits per heavy atom. The molecule has 1 unspecified atom stereocenters. The van der Waals surface area contributed by atoms with Gasteiger partial charge in [-0.15, -0.1) is 11.3 Å². The largest absolute Gasteiger partial charge is 0.480 e. The molecule has 1 aromatic heterocycles. The van der Waals surface area contributed by atoms with Crippen LogP contribution in [0.4, 0.5) is 5.69 Å². The predicted octanol–water partition coefficient (Wildman–Crippen LogP) is 0.415. The van der Waals surface area contributed by atoms with Crippen LogP contribution in [-0.4, -0.2) is 11.1 Å². The highest BCUT2D eigenvalue weighted by Crippen LogP contribution is 2.21. The van der Waals surface area contributed by atoms with Gasteiger partial charge in [-0.05, 0) is 6.07 Å². The van der Waals surface area contributed by atoms with E-state index in [4.69, 9.17) is 16.6 Å². The smallest absolute Gasteiger partial charge is 0.325 e. The molecule has 0 amide bonds. The monoisotopic (exact) mass is 172 g/mol. The molecule has 1 rings (SSSR count). The highest BCUT2D eigenvalue weighted by atomic mass is 32.1. The van der Waals surface area contributed by atoms with Gasteiger partial charge in [-0.2, -0.15) is 0 Å². The van der Waals surface area contributed by atoms with Crippen LogP contribution in [-0.2, 0) is 4.79 Å². The van der Waals surface area contributed by atoms with Crippen LogP contribution in [0.1, 0.15) is 10.9 Å². The normalized spacial score (nSPS) is 12.8. The number of carboxylic acid groups (broad SMARTS) is 1. The minimum atomic E-state index is -1.04. The number of anilines is 1. The topological polar surface area (TPSA) is 89.3 Å². The Bertz CT molecular complexity index is 271. The molecule has 11 heavy (non-hydrogen) atoms. The van der Waals surface area contributed by atoms with Crippen molar-refractivity contribution in [2.75, 3.05) is 5.73 Å². The Morgan fingerprint density at radius 2 is 2.36 bits per heavy atom. The zero-order chi connectivity index (χ0) is 8.43. The third kappa shape index (κ3) is 1.69. The maximum atomic E-state index is 10.3. The Morgan fingerprint density at radius 3 is 2.73 bits per heavy atom. The third-order valence-electron chi connectivity index (χ3n) is 1.21. The van der Waals surface area contributed by atoms with E-state index in [0.29, 0.717) is 10.6 Å². The standard InChI is InChI=1S/C6H8N2O2S/c7-3-1-4(11-2-3)5(8)6(9)10/h1-2,5H,7-8H2,(H,9,10). The van der Waals surface area contributed by atoms with Crippen molar-refractivity contribution in [3.63, 3.8) is 0 Å². The van der Waals surface area contributed by atoms with Crippen molar-refractivity contribution < 1.29 is 9.90 Å². The van der Waals surface area contributed by atoms with Crippen LogP contribution in [0.5, 0.6) is 0 Å². The van der Waals surface area contributed by atoms with E-state index in [9.17, 15) is 4.79 Å². The molecule has 0 aliphatic heterocycles. The van der Waals surface area contributed by atoms with Gasteiger partial charge in [0, 0.05) is 15.9 Å². The van der Waals surface area contributed by atoms with Gasteiger partial charge in [-0.25, -0.2) is 0 Å². The molecule has 0 saturated carbocycles. The first kappa shape index (κ1) is 8.03. The SMILES string of the molecule is Nc1csc(C(N)C(=O)O)c1. The Balaban J connectivity index is 2.84. The van der Waals surface area contributed by atoms with E-state index in [1.807, 2.05) is 0 Å². The second kappa shape index (κ2) is 2.89. The molecule has 0 spiro atoms. The Hall–Kier alpha value is -1.07. The molecule has 60 valence electrons. The quantitative estimate of drug-likeness (QED) is 0.603. The summed E-state index contributed by atoms with van der Waals surface area (Å²) in [6.07, 6.45) is 0. The van der Waals surface area contributed by atoms with Crippen LogP contribution in [0.15, 0.2) is 11.4 Å². The van der Waals surface area contributed by atoms with Crippen molar-refractivity contribution in [1.29, 1.82) is 0 Å². The first-order chi connectivity index (χ1) is 5.11. The first-order valence-corrected chi connectivity index (χ1v) is 3.81. The molecular formula is C6H8N2O2S. The van der Waals surface area contributed by atoms with Crippen LogP contribution in [0.3, 0.4) is 0 Å². The fraction of sp³-hybridized carbons (Fsp3) is 0.167. The van der Waals surface area contributed by atoms with Gasteiger partial charge in [-0.1, -0.05) is 0 Å². The van der Waals surface area contributed by atoms with Gasteiger partial charge in [0.05, 0.1) is 0 Å². The van der Waals surface area contributed by atoms with Crippen molar-refractivity contribution >= 4 is 23.0 Å². The highest BCUT2D eigenvalue weighted by molar-refractivity contribution is 7.10. The van der Waals surface area contributed by atoms with Gasteiger partial charge in [0.1, 0.15) is 6.04 Å². The molecule has 1 aromatic rings. The van der Waals surface area contributed by atoms with Crippen LogP contribution < -0.4 is 11.5 Å². The van der Waals surface area contributed by atoms with Gasteiger partial charge >= 0.3 is 5.97 Å². The van der Waals surface area contributed by atoms with E-state index < -0.39 is 12.0 Å². The summed E-state index contributed by atoms with van der Waals surface area (Å²) < 4.78 is 0. The van der Waals surface area contributed by atoms with E-state index >= 15 is 0 Å². The van der Waals surface area contributed by atoms with Crippen molar-refractivity contribution in [3.05, 3.63) is 16.3 Å². The number of thiophene rings is 1. The zero-order valence-electron chi connectivity index (χ0n) is 5.65. The molecule has 0 bridgehead atoms. The van der Waals surface area contributed by atoms with Crippen LogP contribution in [0, 0.1) is 0 Å². The number of carbonyl (C=O) groups is 1. The molecule has 0 fully saturated rings. The minimum absolute atomic E-state index is 0.557. The molecule has 0 saturated heterocycles. The lowest BCUT2D eigenvalue weighted by Gasteiger charge is -2.00. The van der Waals surface area contributed by atoms with Crippen molar-refractivity contribution in [3.8, 4) is 0 Å². The van der Waals surface area contributed by atoms with Crippen LogP contribution in [0.2, 0.25) is 0 Å². The van der Waals surface area contributed by atoms with Gasteiger partial charge in [-0.3, -0.25) is 4.79 Å². The molecule has 4 nitrogen and oxygen atoms in total. The predicted molar refractivity (Wildman–Crippen MR) is 43.3 cm³/mol. The minimum Gasteiger partial charge on any atom is -0.480 e. The summed E-state index contributed by atoms with van der Waals surface area (Å²) in [7, 11) is 0. The van der Waals surface area contributed by atoms with E-state index in [1.54, 1.807) is 11.4 Å². The fourth-order valence-corrected chi connectivity index (χ4v) is 1.44. The summed E-state index contributed by atoms with van der Waals surface area (Å²) in [4.78, 5) is 10.9. The van der Waals surface area contributed by atoms with E-state index in [2.05, 4.69) is 0 Å². The van der Waals surface area contributed by atoms with E-state index in [1.165, 1.54) is 11.3 Å². The van der Waals surface area contributed by atoms with E-state index in [0.717, 1.165) is 0 Å². The molecule has 1 heterocycles. The van der Waals surface area contributed by atoms with Crippen molar-refractivity contribution in [2.45, 2.75) is 6.04 Å². The lowest BCUT2D eigenvalue weighted by molar-refractivity contribution is -0.138. The lowest BCUT2D eigenvalue weighted by atomic mass is 10.2. The summed E-state index contributed by atoms with van der Waals surface area (Å²) >= 11 is 1.26.